The molecule has 0 unspecified atom stereocenters. The second-order valence-corrected chi connectivity index (χ2v) is 0.829. The van der Waals surface area contributed by atoms with E-state index in [0.717, 1.165) is 0 Å². The molecule has 0 aromatic carbocycles. The summed E-state index contributed by atoms with van der Waals surface area (Å²) in [4.78, 5) is 10.8. The van der Waals surface area contributed by atoms with Crippen molar-refractivity contribution in [2.24, 2.45) is 0 Å². The second kappa shape index (κ2) is 1.29. The molecule has 0 aromatic rings. The Morgan fingerprint density at radius 2 is 2.83 bits per heavy atom. The second-order valence-electron chi connectivity index (χ2n) is 0.829. The van der Waals surface area contributed by atoms with Crippen molar-refractivity contribution >= 4 is 5.91 Å². The van der Waals surface area contributed by atoms with Crippen LogP contribution in [0.5, 0.6) is 0 Å². The van der Waals surface area contributed by atoms with E-state index in [2.05, 4.69) is 0 Å². The average Bonchev–Trinajstić information content (AvgIpc) is 1.92. The Kier molecular flexibility index (Phi) is 0.178. The van der Waals surface area contributed by atoms with Gasteiger partial charge in [0.15, 0.2) is 0 Å². The van der Waals surface area contributed by atoms with Gasteiger partial charge < -0.3 is 5.32 Å². The summed E-state index contributed by atoms with van der Waals surface area (Å²) in [6.45, 7) is -2.65. The summed E-state index contributed by atoms with van der Waals surface area (Å²) in [7, 11) is 0. The summed E-state index contributed by atoms with van der Waals surface area (Å²) in [5, 5.41) is 1.62. The highest BCUT2D eigenvalue weighted by Crippen LogP contribution is 1.93. The predicted molar refractivity (Wildman–Crippen MR) is 22.2 cm³/mol. The minimum Gasteiger partial charge on any atom is -0.356 e. The van der Waals surface area contributed by atoms with E-state index in [9.17, 15) is 4.79 Å². The van der Waals surface area contributed by atoms with E-state index in [-0.39, 0.29) is 0 Å². The maximum Gasteiger partial charge on any atom is 0.220 e. The van der Waals surface area contributed by atoms with Crippen LogP contribution >= 0.6 is 0 Å². The monoisotopic (exact) mass is 91.1 g/mol. The molecule has 1 heterocycles. The van der Waals surface area contributed by atoms with Crippen molar-refractivity contribution in [3.63, 3.8) is 0 Å². The average molecular weight is 91.1 g/mol. The lowest BCUT2D eigenvalue weighted by atomic mass is 10.4. The number of carbonyl (C=O) groups excluding carboxylic acids is 1. The van der Waals surface area contributed by atoms with E-state index >= 15 is 0 Å². The van der Waals surface area contributed by atoms with Gasteiger partial charge in [-0.1, -0.05) is 0 Å². The van der Waals surface area contributed by atoms with Crippen LogP contribution in [0.15, 0.2) is 0 Å². The van der Waals surface area contributed by atoms with Crippen molar-refractivity contribution in [1.29, 1.82) is 0 Å². The van der Waals surface area contributed by atoms with Crippen molar-refractivity contribution in [2.45, 2.75) is 12.7 Å². The first-order valence-corrected chi connectivity index (χ1v) is 1.45. The molecule has 0 aromatic heterocycles. The van der Waals surface area contributed by atoms with Crippen LogP contribution < -0.4 is 5.32 Å². The molecule has 34 valence electrons. The molecule has 0 radical (unpaired) electrons. The van der Waals surface area contributed by atoms with Crippen LogP contribution in [0.25, 0.3) is 0 Å². The zero-order valence-electron chi connectivity index (χ0n) is 8.91. The number of hydrogen-bond donors (Lipinski definition) is 1. The van der Waals surface area contributed by atoms with Gasteiger partial charge in [0, 0.05) is 21.1 Å². The highest BCUT2D eigenvalue weighted by atomic mass is 16.1. The van der Waals surface area contributed by atoms with Gasteiger partial charge in [-0.05, 0) is 6.37 Å². The molecular formula is C4H7NO. The normalized spacial score (nSPS) is 61.0. The largest absolute Gasteiger partial charge is 0.356 e. The van der Waals surface area contributed by atoms with Gasteiger partial charge in [0.25, 0.3) is 0 Å². The third kappa shape index (κ3) is 0.506. The van der Waals surface area contributed by atoms with E-state index in [1.54, 1.807) is 5.32 Å². The van der Waals surface area contributed by atoms with E-state index < -0.39 is 25.1 Å². The predicted octanol–water partition coefficient (Wildman–Crippen LogP) is -0.104. The van der Waals surface area contributed by atoms with Gasteiger partial charge in [0.1, 0.15) is 0 Å². The fourth-order valence-electron chi connectivity index (χ4n) is 0.207. The lowest BCUT2D eigenvalue weighted by Gasteiger charge is -1.80. The minimum absolute atomic E-state index is 1.25. The Balaban J connectivity index is 3.19. The van der Waals surface area contributed by atoms with Crippen molar-refractivity contribution in [3.05, 3.63) is 0 Å². The van der Waals surface area contributed by atoms with Gasteiger partial charge in [-0.25, -0.2) is 0 Å². The van der Waals surface area contributed by atoms with Gasteiger partial charge in [-0.2, -0.15) is 0 Å². The lowest BCUT2D eigenvalue weighted by molar-refractivity contribution is -0.119. The third-order valence-corrected chi connectivity index (χ3v) is 0.415. The van der Waals surface area contributed by atoms with Crippen molar-refractivity contribution < 1.29 is 13.0 Å². The molecule has 2 nitrogen and oxygen atoms in total. The molecule has 1 aliphatic rings. The van der Waals surface area contributed by atoms with Crippen LogP contribution in [0.1, 0.15) is 21.0 Å². The number of rotatable bonds is 0. The number of carbonyl (C=O) groups is 1. The van der Waals surface area contributed by atoms with Crippen molar-refractivity contribution in [3.8, 4) is 0 Å². The third-order valence-electron chi connectivity index (χ3n) is 0.415. The molecular weight excluding hydrogens is 78.0 g/mol. The van der Waals surface area contributed by atoms with Crippen LogP contribution in [-0.4, -0.2) is 12.4 Å². The summed E-state index contributed by atoms with van der Waals surface area (Å²) in [6, 6.07) is 0. The first-order chi connectivity index (χ1) is 5.13. The van der Waals surface area contributed by atoms with E-state index in [4.69, 9.17) is 8.22 Å². The SMILES string of the molecule is [2H]C1([2H])NC(=O)C([2H])([2H])C1([2H])[2H]. The molecule has 0 atom stereocenters. The highest BCUT2D eigenvalue weighted by Gasteiger charge is 2.05. The van der Waals surface area contributed by atoms with Gasteiger partial charge in [0.2, 0.25) is 5.91 Å². The summed E-state index contributed by atoms with van der Waals surface area (Å²) < 4.78 is 42.1. The Morgan fingerprint density at radius 1 is 2.00 bits per heavy atom. The van der Waals surface area contributed by atoms with Crippen molar-refractivity contribution in [1.82, 2.24) is 5.32 Å². The van der Waals surface area contributed by atoms with Gasteiger partial charge >= 0.3 is 0 Å². The van der Waals surface area contributed by atoms with Crippen LogP contribution in [-0.2, 0) is 4.79 Å². The summed E-state index contributed by atoms with van der Waals surface area (Å²) in [6.07, 6.45) is -5.65. The molecule has 1 amide bonds. The van der Waals surface area contributed by atoms with Gasteiger partial charge in [0.05, 0.1) is 0 Å². The zero-order chi connectivity index (χ0) is 9.78. The molecule has 0 spiro atoms. The quantitative estimate of drug-likeness (QED) is 0.443. The Labute approximate surface area is 45.0 Å². The molecule has 6 heavy (non-hydrogen) atoms. The van der Waals surface area contributed by atoms with Crippen molar-refractivity contribution in [2.75, 3.05) is 6.50 Å². The maximum absolute atomic E-state index is 10.8. The van der Waals surface area contributed by atoms with E-state index in [0.29, 0.717) is 0 Å². The number of amides is 1. The maximum atomic E-state index is 10.8. The van der Waals surface area contributed by atoms with Crippen LogP contribution in [0.2, 0.25) is 0 Å². The van der Waals surface area contributed by atoms with E-state index in [1.807, 2.05) is 0 Å². The number of nitrogens with one attached hydrogen (secondary N) is 1. The molecule has 1 aliphatic heterocycles. The van der Waals surface area contributed by atoms with Crippen LogP contribution in [0, 0.1) is 0 Å². The molecule has 1 rings (SSSR count). The van der Waals surface area contributed by atoms with Gasteiger partial charge in [-0.3, -0.25) is 4.79 Å². The van der Waals surface area contributed by atoms with Crippen LogP contribution in [0.3, 0.4) is 0 Å². The highest BCUT2D eigenvalue weighted by molar-refractivity contribution is 5.77. The molecule has 0 aliphatic carbocycles. The molecule has 1 N–H and O–H groups in total. The smallest absolute Gasteiger partial charge is 0.220 e. The Morgan fingerprint density at radius 3 is 3.00 bits per heavy atom. The fraction of sp³-hybridized carbons (Fsp3) is 0.750. The first-order valence-electron chi connectivity index (χ1n) is 4.45. The molecule has 0 bridgehead atoms. The Hall–Kier alpha value is -0.530. The minimum atomic E-state index is -2.84. The molecule has 1 fully saturated rings. The summed E-state index contributed by atoms with van der Waals surface area (Å²) in [5.74, 6) is -1.25. The molecule has 0 saturated carbocycles. The molecule has 2 heteroatoms. The number of hydrogen-bond acceptors (Lipinski definition) is 1. The summed E-state index contributed by atoms with van der Waals surface area (Å²) >= 11 is 0. The van der Waals surface area contributed by atoms with E-state index in [1.165, 1.54) is 0 Å². The summed E-state index contributed by atoms with van der Waals surface area (Å²) in [5.41, 5.74) is 0. The molecule has 1 saturated heterocycles. The first kappa shape index (κ1) is 0.831. The topological polar surface area (TPSA) is 29.1 Å². The Bertz CT molecular complexity index is 236. The zero-order valence-corrected chi connectivity index (χ0v) is 2.91. The fourth-order valence-corrected chi connectivity index (χ4v) is 0.207. The van der Waals surface area contributed by atoms with Gasteiger partial charge in [-0.15, -0.1) is 0 Å². The van der Waals surface area contributed by atoms with Crippen LogP contribution in [0.4, 0.5) is 0 Å². The lowest BCUT2D eigenvalue weighted by Crippen LogP contribution is -2.12. The standard InChI is InChI=1S/C4H7NO/c6-4-2-1-3-5-4/h1-3H2,(H,5,6)/i1D2,2D2,3D2.